The van der Waals surface area contributed by atoms with E-state index in [2.05, 4.69) is 0 Å². The number of carboxylic acids is 4. The van der Waals surface area contributed by atoms with E-state index >= 15 is 0 Å². The van der Waals surface area contributed by atoms with Crippen LogP contribution in [0.4, 0.5) is 35.1 Å². The first-order chi connectivity index (χ1) is 57.2. The number of hydrogen-bond acceptors (Lipinski definition) is 21. The molecule has 0 amide bonds. The molecule has 0 aromatic heterocycles. The van der Waals surface area contributed by atoms with Crippen LogP contribution in [0.15, 0.2) is 267 Å². The summed E-state index contributed by atoms with van der Waals surface area (Å²) >= 11 is 0. The Hall–Kier alpha value is -10.6. The molecule has 0 saturated heterocycles. The fourth-order valence-electron chi connectivity index (χ4n) is 10.0. The number of carbonyl (C=O) groups excluding carboxylic acids is 4. The van der Waals surface area contributed by atoms with E-state index in [9.17, 15) is 74.7 Å². The third kappa shape index (κ3) is 42.8. The van der Waals surface area contributed by atoms with Crippen molar-refractivity contribution in [2.45, 2.75) is 0 Å². The second-order valence-electron chi connectivity index (χ2n) is 20.1. The van der Waals surface area contributed by atoms with Crippen molar-refractivity contribution in [2.75, 3.05) is 92.4 Å². The third-order valence-electron chi connectivity index (χ3n) is 14.3. The molecule has 12 aromatic rings. The van der Waals surface area contributed by atoms with Crippen molar-refractivity contribution in [3.63, 3.8) is 0 Å². The molecule has 0 aliphatic carbocycles. The summed E-state index contributed by atoms with van der Waals surface area (Å²) in [5.74, 6) is -8.61. The summed E-state index contributed by atoms with van der Waals surface area (Å²) in [6.07, 6.45) is 0. The summed E-state index contributed by atoms with van der Waals surface area (Å²) in [6.45, 7) is 0. The van der Waals surface area contributed by atoms with Crippen molar-refractivity contribution in [1.29, 1.82) is 0 Å². The molecule has 33 heteroatoms. The van der Waals surface area contributed by atoms with Crippen molar-refractivity contribution in [3.8, 4) is 89.0 Å². The Labute approximate surface area is 743 Å². The zero-order valence-corrected chi connectivity index (χ0v) is 71.7. The monoisotopic (exact) mass is 1880 g/mol. The smallest absolute Gasteiger partial charge is 0.123 e. The Morgan fingerprint density at radius 1 is 0.164 bits per heavy atom. The molecule has 12 aromatic carbocycles. The van der Waals surface area contributed by atoms with Crippen molar-refractivity contribution in [2.24, 2.45) is 0 Å². The molecule has 13 N–H and O–H groups in total. The minimum atomic E-state index is -1.34. The zero-order chi connectivity index (χ0) is 91.6. The van der Waals surface area contributed by atoms with Crippen LogP contribution in [0.5, 0.6) is 0 Å². The first-order valence-corrected chi connectivity index (χ1v) is 33.5. The van der Waals surface area contributed by atoms with Gasteiger partial charge >= 0.3 is 0 Å². The van der Waals surface area contributed by atoms with E-state index in [1.807, 2.05) is 0 Å². The van der Waals surface area contributed by atoms with Gasteiger partial charge in [0.25, 0.3) is 0 Å². The number of carboxylic acid groups (broad SMARTS) is 4. The number of benzene rings is 12. The molecular formula is C89H96F8Ni4O21-4. The van der Waals surface area contributed by atoms with Gasteiger partial charge in [0, 0.05) is 181 Å². The molecule has 0 fully saturated rings. The van der Waals surface area contributed by atoms with E-state index in [0.717, 1.165) is 92.4 Å². The van der Waals surface area contributed by atoms with Gasteiger partial charge in [-0.1, -0.05) is 170 Å². The Morgan fingerprint density at radius 3 is 0.303 bits per heavy atom. The van der Waals surface area contributed by atoms with E-state index in [0.29, 0.717) is 89.0 Å². The molecule has 0 unspecified atom stereocenters. The minimum absolute atomic E-state index is 0. The maximum absolute atomic E-state index is 13.1. The number of carbonyl (C=O) groups is 4. The Morgan fingerprint density at radius 2 is 0.238 bits per heavy atom. The van der Waals surface area contributed by atoms with E-state index in [1.54, 1.807) is 72.8 Å². The van der Waals surface area contributed by atoms with Crippen LogP contribution in [0.1, 0.15) is 41.4 Å². The third-order valence-corrected chi connectivity index (χ3v) is 14.3. The summed E-state index contributed by atoms with van der Waals surface area (Å²) in [5, 5.41) is 138. The summed E-state index contributed by atoms with van der Waals surface area (Å²) in [4.78, 5) is 46.7. The van der Waals surface area contributed by atoms with Crippen LogP contribution in [0.25, 0.3) is 89.0 Å². The van der Waals surface area contributed by atoms with Crippen molar-refractivity contribution in [3.05, 3.63) is 336 Å². The van der Waals surface area contributed by atoms with Gasteiger partial charge in [0.1, 0.15) is 46.5 Å². The fourth-order valence-corrected chi connectivity index (χ4v) is 10.0. The largest absolute Gasteiger partial charge is 0.545 e. The van der Waals surface area contributed by atoms with Gasteiger partial charge in [-0.25, -0.2) is 35.1 Å². The molecule has 0 aliphatic rings. The number of aliphatic hydroxyl groups is 13. The van der Waals surface area contributed by atoms with Crippen molar-refractivity contribution < 1.29 is 207 Å². The van der Waals surface area contributed by atoms with Crippen molar-refractivity contribution >= 4 is 23.9 Å². The van der Waals surface area contributed by atoms with Crippen LogP contribution < -0.4 is 20.4 Å². The van der Waals surface area contributed by atoms with Gasteiger partial charge in [0.2, 0.25) is 0 Å². The van der Waals surface area contributed by atoms with Gasteiger partial charge < -0.3 is 106 Å². The number of aliphatic hydroxyl groups excluding tert-OH is 13. The van der Waals surface area contributed by atoms with Crippen LogP contribution in [0.2, 0.25) is 0 Å². The standard InChI is InChI=1S/4C19H12F2O2.13CH4O.4Ni/c4*20-14-8-4-12(5-9-14)16-2-1-3-17(18(16)19(22)23)13-6-10-15(21)11-7-13;13*1-2;;;;/h4*1-11H,(H,22,23);13*2H,1H3;;;;/p-4. The van der Waals surface area contributed by atoms with Gasteiger partial charge in [-0.05, 0) is 186 Å². The van der Waals surface area contributed by atoms with E-state index < -0.39 is 70.4 Å². The Balaban J connectivity index is -0.000000181. The predicted octanol–water partition coefficient (Wildman–Crippen LogP) is 9.55. The SMILES string of the molecule is CO.CO.CO.CO.CO.CO.CO.CO.CO.CO.CO.CO.CO.O=C([O-])c1c(-c2ccc(F)cc2)cccc1-c1ccc(F)cc1.O=C([O-])c1c(-c2ccc(F)cc2)cccc1-c1ccc(F)cc1.O=C([O-])c1c(-c2ccc(F)cc2)cccc1-c1ccc(F)cc1.O=C([O-])c1c(-c2ccc(F)cc2)cccc1-c1ccc(F)cc1.[Ni].[Ni].[Ni].[Ni]. The number of halogens is 8. The van der Waals surface area contributed by atoms with Crippen LogP contribution in [0, 0.1) is 46.5 Å². The second-order valence-corrected chi connectivity index (χ2v) is 20.1. The van der Waals surface area contributed by atoms with Gasteiger partial charge in [0.05, 0.1) is 23.9 Å². The first-order valence-electron chi connectivity index (χ1n) is 33.5. The van der Waals surface area contributed by atoms with Crippen LogP contribution in [0.3, 0.4) is 0 Å². The van der Waals surface area contributed by atoms with E-state index in [4.69, 9.17) is 66.4 Å². The summed E-state index contributed by atoms with van der Waals surface area (Å²) in [7, 11) is 13.0. The Bertz CT molecular complexity index is 3820. The molecule has 21 nitrogen and oxygen atoms in total. The molecule has 678 valence electrons. The van der Waals surface area contributed by atoms with Crippen LogP contribution in [-0.2, 0) is 66.0 Å². The van der Waals surface area contributed by atoms with Gasteiger partial charge in [-0.15, -0.1) is 0 Å². The summed E-state index contributed by atoms with van der Waals surface area (Å²) in [5.41, 5.74) is 7.86. The number of hydrogen-bond donors (Lipinski definition) is 13. The molecule has 0 atom stereocenters. The van der Waals surface area contributed by atoms with Crippen molar-refractivity contribution in [1.82, 2.24) is 0 Å². The van der Waals surface area contributed by atoms with E-state index in [1.165, 1.54) is 194 Å². The maximum atomic E-state index is 13.1. The van der Waals surface area contributed by atoms with Gasteiger partial charge in [-0.3, -0.25) is 0 Å². The molecule has 0 saturated carbocycles. The van der Waals surface area contributed by atoms with Gasteiger partial charge in [-0.2, -0.15) is 0 Å². The Kier molecular flexibility index (Phi) is 83.8. The minimum Gasteiger partial charge on any atom is -0.545 e. The summed E-state index contributed by atoms with van der Waals surface area (Å²) < 4.78 is 105. The normalized spacial score (nSPS) is 8.57. The average Bonchev–Trinajstić information content (AvgIpc) is 0.809. The maximum Gasteiger partial charge on any atom is 0.123 e. The zero-order valence-electron chi connectivity index (χ0n) is 67.8. The predicted molar refractivity (Wildman–Crippen MR) is 432 cm³/mol. The molecule has 122 heavy (non-hydrogen) atoms. The van der Waals surface area contributed by atoms with Crippen LogP contribution >= 0.6 is 0 Å². The summed E-state index contributed by atoms with van der Waals surface area (Å²) in [6, 6.07) is 64.1. The van der Waals surface area contributed by atoms with Crippen LogP contribution in [-0.4, -0.2) is 183 Å². The number of aromatic carboxylic acids is 4. The average molecular weight is 1890 g/mol. The molecule has 0 radical (unpaired) electrons. The molecule has 0 spiro atoms. The second kappa shape index (κ2) is 78.9. The van der Waals surface area contributed by atoms with Gasteiger partial charge in [0.15, 0.2) is 0 Å². The molecule has 0 heterocycles. The number of rotatable bonds is 12. The molecule has 0 aliphatic heterocycles. The topological polar surface area (TPSA) is 424 Å². The molecular weight excluding hydrogens is 1790 g/mol. The molecule has 12 rings (SSSR count). The first kappa shape index (κ1) is 129. The van der Waals surface area contributed by atoms with E-state index in [-0.39, 0.29) is 88.2 Å². The quantitative estimate of drug-likeness (QED) is 0.0400. The fraction of sp³-hybridized carbons (Fsp3) is 0.146. The molecule has 0 bridgehead atoms.